The number of benzene rings is 1. The van der Waals surface area contributed by atoms with Gasteiger partial charge in [-0.3, -0.25) is 4.79 Å². The highest BCUT2D eigenvalue weighted by Gasteiger charge is 2.21. The second-order valence-electron chi connectivity index (χ2n) is 6.50. The van der Waals surface area contributed by atoms with E-state index in [9.17, 15) is 4.79 Å². The van der Waals surface area contributed by atoms with Crippen molar-refractivity contribution in [3.05, 3.63) is 113 Å². The summed E-state index contributed by atoms with van der Waals surface area (Å²) in [5, 5.41) is -0.189. The fraction of sp³-hybridized carbons (Fsp3) is 0.182. The summed E-state index contributed by atoms with van der Waals surface area (Å²) in [4.78, 5) is 24.8. The molecular formula is C22H20N4O2S. The van der Waals surface area contributed by atoms with Gasteiger partial charge in [0.15, 0.2) is 0 Å². The number of aryl methyl sites for hydroxylation is 2. The SMILES string of the molecule is O=c1ccn(CCc2ccccc2)c(C(SCc2ccco2)c2cncnc2)n1. The fourth-order valence-electron chi connectivity index (χ4n) is 3.06. The van der Waals surface area contributed by atoms with Crippen LogP contribution in [0.25, 0.3) is 0 Å². The summed E-state index contributed by atoms with van der Waals surface area (Å²) in [7, 11) is 0. The van der Waals surface area contributed by atoms with Crippen LogP contribution in [0.5, 0.6) is 0 Å². The summed E-state index contributed by atoms with van der Waals surface area (Å²) in [5.74, 6) is 2.21. The molecule has 6 nitrogen and oxygen atoms in total. The minimum atomic E-state index is -0.253. The molecule has 0 saturated heterocycles. The smallest absolute Gasteiger partial charge is 0.272 e. The van der Waals surface area contributed by atoms with Gasteiger partial charge in [0, 0.05) is 36.8 Å². The minimum absolute atomic E-state index is 0.189. The molecule has 4 aromatic rings. The Hall–Kier alpha value is -3.19. The Morgan fingerprint density at radius 1 is 1.03 bits per heavy atom. The molecule has 3 heterocycles. The van der Waals surface area contributed by atoms with Crippen molar-refractivity contribution in [3.8, 4) is 0 Å². The topological polar surface area (TPSA) is 73.8 Å². The van der Waals surface area contributed by atoms with Crippen LogP contribution in [0.2, 0.25) is 0 Å². The van der Waals surface area contributed by atoms with Crippen molar-refractivity contribution in [2.75, 3.05) is 0 Å². The lowest BCUT2D eigenvalue weighted by atomic mass is 10.1. The van der Waals surface area contributed by atoms with Gasteiger partial charge in [0.1, 0.15) is 17.9 Å². The number of rotatable bonds is 8. The van der Waals surface area contributed by atoms with Crippen molar-refractivity contribution in [2.24, 2.45) is 0 Å². The molecule has 0 fully saturated rings. The van der Waals surface area contributed by atoms with E-state index in [-0.39, 0.29) is 10.8 Å². The van der Waals surface area contributed by atoms with Gasteiger partial charge in [0.2, 0.25) is 0 Å². The van der Waals surface area contributed by atoms with Gasteiger partial charge in [-0.1, -0.05) is 30.3 Å². The van der Waals surface area contributed by atoms with Crippen LogP contribution in [0.4, 0.5) is 0 Å². The standard InChI is InChI=1S/C22H20N4O2S/c27-20-9-11-26(10-8-17-5-2-1-3-6-17)22(25-20)21(18-13-23-16-24-14-18)29-15-19-7-4-12-28-19/h1-7,9,11-14,16,21H,8,10,15H2. The average Bonchev–Trinajstić information content (AvgIpc) is 3.28. The van der Waals surface area contributed by atoms with Gasteiger partial charge in [-0.2, -0.15) is 4.98 Å². The van der Waals surface area contributed by atoms with Crippen molar-refractivity contribution in [3.63, 3.8) is 0 Å². The third-order valence-electron chi connectivity index (χ3n) is 4.49. The first-order valence-electron chi connectivity index (χ1n) is 9.30. The molecule has 0 aliphatic carbocycles. The van der Waals surface area contributed by atoms with Crippen molar-refractivity contribution >= 4 is 11.8 Å². The Kier molecular flexibility index (Phi) is 6.16. The highest BCUT2D eigenvalue weighted by molar-refractivity contribution is 7.98. The average molecular weight is 404 g/mol. The fourth-order valence-corrected chi connectivity index (χ4v) is 4.21. The van der Waals surface area contributed by atoms with Crippen molar-refractivity contribution in [2.45, 2.75) is 24.0 Å². The zero-order chi connectivity index (χ0) is 19.9. The molecule has 0 N–H and O–H groups in total. The maximum absolute atomic E-state index is 12.1. The lowest BCUT2D eigenvalue weighted by Crippen LogP contribution is -2.20. The van der Waals surface area contributed by atoms with Crippen molar-refractivity contribution in [1.29, 1.82) is 0 Å². The van der Waals surface area contributed by atoms with Gasteiger partial charge in [-0.05, 0) is 24.1 Å². The highest BCUT2D eigenvalue weighted by atomic mass is 32.2. The van der Waals surface area contributed by atoms with E-state index in [1.807, 2.05) is 41.1 Å². The van der Waals surface area contributed by atoms with Gasteiger partial charge in [0.25, 0.3) is 5.56 Å². The number of hydrogen-bond donors (Lipinski definition) is 0. The molecular weight excluding hydrogens is 384 g/mol. The normalized spacial score (nSPS) is 12.0. The molecule has 4 rings (SSSR count). The summed E-state index contributed by atoms with van der Waals surface area (Å²) < 4.78 is 7.52. The van der Waals surface area contributed by atoms with Gasteiger partial charge >= 0.3 is 0 Å². The van der Waals surface area contributed by atoms with Crippen LogP contribution in [-0.4, -0.2) is 19.5 Å². The Morgan fingerprint density at radius 3 is 2.62 bits per heavy atom. The van der Waals surface area contributed by atoms with Gasteiger partial charge in [0.05, 0.1) is 17.3 Å². The molecule has 7 heteroatoms. The first-order chi connectivity index (χ1) is 14.3. The van der Waals surface area contributed by atoms with Crippen LogP contribution in [-0.2, 0) is 18.7 Å². The molecule has 0 bridgehead atoms. The molecule has 1 unspecified atom stereocenters. The minimum Gasteiger partial charge on any atom is -0.468 e. The van der Waals surface area contributed by atoms with Crippen molar-refractivity contribution in [1.82, 2.24) is 19.5 Å². The van der Waals surface area contributed by atoms with Gasteiger partial charge in [-0.25, -0.2) is 9.97 Å². The molecule has 0 aliphatic rings. The first kappa shape index (κ1) is 19.1. The molecule has 0 aliphatic heterocycles. The first-order valence-corrected chi connectivity index (χ1v) is 10.3. The second-order valence-corrected chi connectivity index (χ2v) is 7.59. The van der Waals surface area contributed by atoms with Gasteiger partial charge in [-0.15, -0.1) is 11.8 Å². The molecule has 0 spiro atoms. The Balaban J connectivity index is 1.65. The molecule has 146 valence electrons. The lowest BCUT2D eigenvalue weighted by molar-refractivity contribution is 0.530. The second kappa shape index (κ2) is 9.34. The van der Waals surface area contributed by atoms with Crippen LogP contribution in [0, 0.1) is 0 Å². The summed E-state index contributed by atoms with van der Waals surface area (Å²) in [5.41, 5.74) is 1.88. The predicted octanol–water partition coefficient (Wildman–Crippen LogP) is 3.89. The van der Waals surface area contributed by atoms with E-state index in [4.69, 9.17) is 4.42 Å². The monoisotopic (exact) mass is 404 g/mol. The lowest BCUT2D eigenvalue weighted by Gasteiger charge is -2.20. The summed E-state index contributed by atoms with van der Waals surface area (Å²) in [6.07, 6.45) is 9.36. The third-order valence-corrected chi connectivity index (χ3v) is 5.76. The van der Waals surface area contributed by atoms with Crippen LogP contribution >= 0.6 is 11.8 Å². The van der Waals surface area contributed by atoms with Crippen molar-refractivity contribution < 1.29 is 4.42 Å². The van der Waals surface area contributed by atoms with E-state index in [0.717, 1.165) is 24.3 Å². The van der Waals surface area contributed by atoms with E-state index < -0.39 is 0 Å². The predicted molar refractivity (Wildman–Crippen MR) is 113 cm³/mol. The van der Waals surface area contributed by atoms with Crippen LogP contribution in [0.3, 0.4) is 0 Å². The number of hydrogen-bond acceptors (Lipinski definition) is 6. The number of aromatic nitrogens is 4. The number of thioether (sulfide) groups is 1. The number of furan rings is 1. The molecule has 0 saturated carbocycles. The van der Waals surface area contributed by atoms with Crippen LogP contribution in [0.1, 0.15) is 28.0 Å². The zero-order valence-corrected chi connectivity index (χ0v) is 16.5. The molecule has 29 heavy (non-hydrogen) atoms. The molecule has 0 radical (unpaired) electrons. The number of nitrogens with zero attached hydrogens (tertiary/aromatic N) is 4. The van der Waals surface area contributed by atoms with Gasteiger partial charge < -0.3 is 8.98 Å². The maximum Gasteiger partial charge on any atom is 0.272 e. The van der Waals surface area contributed by atoms with Crippen LogP contribution in [0.15, 0.2) is 88.9 Å². The van der Waals surface area contributed by atoms with Crippen LogP contribution < -0.4 is 5.56 Å². The van der Waals surface area contributed by atoms with E-state index in [1.165, 1.54) is 18.0 Å². The van der Waals surface area contributed by atoms with E-state index in [1.54, 1.807) is 30.4 Å². The Labute approximate surface area is 172 Å². The highest BCUT2D eigenvalue weighted by Crippen LogP contribution is 2.35. The zero-order valence-electron chi connectivity index (χ0n) is 15.7. The molecule has 1 aromatic carbocycles. The molecule has 0 amide bonds. The molecule has 1 atom stereocenters. The largest absolute Gasteiger partial charge is 0.468 e. The van der Waals surface area contributed by atoms with E-state index in [0.29, 0.717) is 11.6 Å². The summed E-state index contributed by atoms with van der Waals surface area (Å²) in [6.45, 7) is 0.720. The third kappa shape index (κ3) is 5.00. The van der Waals surface area contributed by atoms with E-state index >= 15 is 0 Å². The quantitative estimate of drug-likeness (QED) is 0.444. The Bertz CT molecular complexity index is 1080. The molecule has 3 aromatic heterocycles. The van der Waals surface area contributed by atoms with E-state index in [2.05, 4.69) is 27.1 Å². The summed E-state index contributed by atoms with van der Waals surface area (Å²) >= 11 is 1.63. The maximum atomic E-state index is 12.1. The summed E-state index contributed by atoms with van der Waals surface area (Å²) in [6, 6.07) is 15.6. The Morgan fingerprint density at radius 2 is 1.86 bits per heavy atom.